The number of pyridine rings is 1. The molecule has 1 aromatic rings. The molecule has 13 heavy (non-hydrogen) atoms. The average molecular weight is 190 g/mol. The van der Waals surface area contributed by atoms with Crippen LogP contribution < -0.4 is 5.73 Å². The van der Waals surface area contributed by atoms with Crippen molar-refractivity contribution in [3.63, 3.8) is 0 Å². The van der Waals surface area contributed by atoms with E-state index in [2.05, 4.69) is 4.98 Å². The molecule has 0 bridgehead atoms. The van der Waals surface area contributed by atoms with Crippen LogP contribution in [0.15, 0.2) is 6.07 Å². The van der Waals surface area contributed by atoms with Crippen molar-refractivity contribution in [1.82, 2.24) is 4.98 Å². The fourth-order valence-electron chi connectivity index (χ4n) is 0.990. The van der Waals surface area contributed by atoms with Gasteiger partial charge in [0.1, 0.15) is 11.5 Å². The molecule has 0 fully saturated rings. The number of alkyl halides is 2. The van der Waals surface area contributed by atoms with E-state index in [1.54, 1.807) is 0 Å². The van der Waals surface area contributed by atoms with Crippen LogP contribution in [-0.2, 0) is 6.54 Å². The van der Waals surface area contributed by atoms with Gasteiger partial charge in [-0.2, -0.15) is 0 Å². The van der Waals surface area contributed by atoms with Crippen molar-refractivity contribution >= 4 is 0 Å². The molecule has 0 radical (unpaired) electrons. The van der Waals surface area contributed by atoms with Crippen LogP contribution in [0.3, 0.4) is 0 Å². The second-order valence-corrected chi connectivity index (χ2v) is 2.60. The highest BCUT2D eigenvalue weighted by Gasteiger charge is 2.16. The summed E-state index contributed by atoms with van der Waals surface area (Å²) in [6.07, 6.45) is -2.71. The van der Waals surface area contributed by atoms with E-state index in [-0.39, 0.29) is 17.8 Å². The van der Waals surface area contributed by atoms with Crippen LogP contribution in [0.4, 0.5) is 13.2 Å². The molecule has 0 aliphatic rings. The average Bonchev–Trinajstić information content (AvgIpc) is 2.08. The maximum absolute atomic E-state index is 12.8. The normalized spacial score (nSPS) is 10.9. The van der Waals surface area contributed by atoms with E-state index in [9.17, 15) is 13.2 Å². The highest BCUT2D eigenvalue weighted by Crippen LogP contribution is 2.22. The van der Waals surface area contributed by atoms with Crippen LogP contribution in [0.1, 0.15) is 23.4 Å². The minimum absolute atomic E-state index is 0.0347. The second-order valence-electron chi connectivity index (χ2n) is 2.60. The molecule has 0 saturated heterocycles. The zero-order chi connectivity index (χ0) is 10.0. The number of aryl methyl sites for hydroxylation is 1. The number of nitrogens with zero attached hydrogens (tertiary/aromatic N) is 1. The standard InChI is InChI=1S/C8H9F3N2/c1-4-6(9)2-5(3-12)7(13-4)8(10)11/h2,8H,3,12H2,1H3. The van der Waals surface area contributed by atoms with Gasteiger partial charge in [-0.05, 0) is 18.6 Å². The van der Waals surface area contributed by atoms with E-state index in [4.69, 9.17) is 5.73 Å². The molecule has 2 nitrogen and oxygen atoms in total. The summed E-state index contributed by atoms with van der Waals surface area (Å²) in [6, 6.07) is 1.00. The maximum atomic E-state index is 12.8. The van der Waals surface area contributed by atoms with Crippen molar-refractivity contribution in [2.75, 3.05) is 0 Å². The molecule has 0 spiro atoms. The maximum Gasteiger partial charge on any atom is 0.280 e. The van der Waals surface area contributed by atoms with Gasteiger partial charge in [0, 0.05) is 6.54 Å². The SMILES string of the molecule is Cc1nc(C(F)F)c(CN)cc1F. The third kappa shape index (κ3) is 1.98. The first-order valence-electron chi connectivity index (χ1n) is 3.70. The van der Waals surface area contributed by atoms with E-state index >= 15 is 0 Å². The number of nitrogens with two attached hydrogens (primary N) is 1. The molecule has 0 aliphatic heterocycles. The molecule has 0 aromatic carbocycles. The quantitative estimate of drug-likeness (QED) is 0.773. The number of aromatic nitrogens is 1. The highest BCUT2D eigenvalue weighted by atomic mass is 19.3. The summed E-state index contributed by atoms with van der Waals surface area (Å²) in [5.74, 6) is -0.607. The zero-order valence-electron chi connectivity index (χ0n) is 7.02. The zero-order valence-corrected chi connectivity index (χ0v) is 7.02. The summed E-state index contributed by atoms with van der Waals surface area (Å²) in [5, 5.41) is 0. The van der Waals surface area contributed by atoms with Gasteiger partial charge in [0.05, 0.1) is 5.69 Å². The molecule has 0 amide bonds. The van der Waals surface area contributed by atoms with Crippen molar-refractivity contribution < 1.29 is 13.2 Å². The molecular formula is C8H9F3N2. The Morgan fingerprint density at radius 2 is 2.15 bits per heavy atom. The Balaban J connectivity index is 3.25. The summed E-state index contributed by atoms with van der Waals surface area (Å²) < 4.78 is 37.4. The third-order valence-corrected chi connectivity index (χ3v) is 1.69. The van der Waals surface area contributed by atoms with Crippen LogP contribution >= 0.6 is 0 Å². The van der Waals surface area contributed by atoms with Crippen molar-refractivity contribution in [3.05, 3.63) is 28.8 Å². The summed E-state index contributed by atoms with van der Waals surface area (Å²) in [4.78, 5) is 3.44. The van der Waals surface area contributed by atoms with E-state index < -0.39 is 17.9 Å². The van der Waals surface area contributed by atoms with Gasteiger partial charge in [0.15, 0.2) is 0 Å². The van der Waals surface area contributed by atoms with E-state index in [0.717, 1.165) is 6.07 Å². The lowest BCUT2D eigenvalue weighted by Crippen LogP contribution is -2.07. The lowest BCUT2D eigenvalue weighted by atomic mass is 10.1. The molecule has 1 heterocycles. The number of halogens is 3. The summed E-state index contributed by atoms with van der Waals surface area (Å²) in [6.45, 7) is 1.20. The van der Waals surface area contributed by atoms with Gasteiger partial charge in [-0.3, -0.25) is 0 Å². The topological polar surface area (TPSA) is 38.9 Å². The Hall–Kier alpha value is -1.10. The molecule has 2 N–H and O–H groups in total. The Morgan fingerprint density at radius 3 is 2.62 bits per heavy atom. The van der Waals surface area contributed by atoms with Crippen LogP contribution in [0.25, 0.3) is 0 Å². The van der Waals surface area contributed by atoms with Crippen LogP contribution in [0, 0.1) is 12.7 Å². The van der Waals surface area contributed by atoms with Crippen molar-refractivity contribution in [3.8, 4) is 0 Å². The largest absolute Gasteiger partial charge is 0.326 e. The summed E-state index contributed by atoms with van der Waals surface area (Å²) >= 11 is 0. The highest BCUT2D eigenvalue weighted by molar-refractivity contribution is 5.24. The summed E-state index contributed by atoms with van der Waals surface area (Å²) in [5.41, 5.74) is 4.76. The minimum atomic E-state index is -2.71. The fraction of sp³-hybridized carbons (Fsp3) is 0.375. The molecule has 0 unspecified atom stereocenters. The van der Waals surface area contributed by atoms with Crippen molar-refractivity contribution in [2.24, 2.45) is 5.73 Å². The predicted octanol–water partition coefficient (Wildman–Crippen LogP) is 1.93. The Labute approximate surface area is 73.6 Å². The van der Waals surface area contributed by atoms with E-state index in [1.807, 2.05) is 0 Å². The second kappa shape index (κ2) is 3.74. The van der Waals surface area contributed by atoms with Crippen molar-refractivity contribution in [2.45, 2.75) is 19.9 Å². The lowest BCUT2D eigenvalue weighted by molar-refractivity contribution is 0.144. The smallest absolute Gasteiger partial charge is 0.280 e. The monoisotopic (exact) mass is 190 g/mol. The van der Waals surface area contributed by atoms with Crippen LogP contribution in [0.5, 0.6) is 0 Å². The molecular weight excluding hydrogens is 181 g/mol. The van der Waals surface area contributed by atoms with Crippen LogP contribution in [-0.4, -0.2) is 4.98 Å². The van der Waals surface area contributed by atoms with Gasteiger partial charge < -0.3 is 5.73 Å². The molecule has 0 atom stereocenters. The Bertz CT molecular complexity index is 313. The Morgan fingerprint density at radius 1 is 1.54 bits per heavy atom. The predicted molar refractivity (Wildman–Crippen MR) is 41.8 cm³/mol. The fourth-order valence-corrected chi connectivity index (χ4v) is 0.990. The van der Waals surface area contributed by atoms with Gasteiger partial charge in [-0.15, -0.1) is 0 Å². The van der Waals surface area contributed by atoms with Gasteiger partial charge in [0.25, 0.3) is 6.43 Å². The molecule has 5 heteroatoms. The van der Waals surface area contributed by atoms with Gasteiger partial charge in [-0.1, -0.05) is 0 Å². The van der Waals surface area contributed by atoms with Gasteiger partial charge in [-0.25, -0.2) is 18.2 Å². The minimum Gasteiger partial charge on any atom is -0.326 e. The first-order chi connectivity index (χ1) is 6.06. The molecule has 1 rings (SSSR count). The first kappa shape index (κ1) is 9.98. The molecule has 72 valence electrons. The third-order valence-electron chi connectivity index (χ3n) is 1.69. The first-order valence-corrected chi connectivity index (χ1v) is 3.70. The molecule has 0 aliphatic carbocycles. The van der Waals surface area contributed by atoms with Crippen molar-refractivity contribution in [1.29, 1.82) is 0 Å². The Kier molecular flexibility index (Phi) is 2.87. The van der Waals surface area contributed by atoms with Gasteiger partial charge in [0.2, 0.25) is 0 Å². The van der Waals surface area contributed by atoms with E-state index in [0.29, 0.717) is 0 Å². The number of rotatable bonds is 2. The van der Waals surface area contributed by atoms with Gasteiger partial charge >= 0.3 is 0 Å². The summed E-state index contributed by atoms with van der Waals surface area (Å²) in [7, 11) is 0. The molecule has 1 aromatic heterocycles. The number of hydrogen-bond acceptors (Lipinski definition) is 2. The lowest BCUT2D eigenvalue weighted by Gasteiger charge is -2.07. The van der Waals surface area contributed by atoms with Crippen LogP contribution in [0.2, 0.25) is 0 Å². The molecule has 0 saturated carbocycles. The number of hydrogen-bond donors (Lipinski definition) is 1. The van der Waals surface area contributed by atoms with E-state index in [1.165, 1.54) is 6.92 Å².